The second-order valence-corrected chi connectivity index (χ2v) is 7.42. The molecule has 0 nitrogen and oxygen atoms in total. The first-order valence-electron chi connectivity index (χ1n) is 7.99. The van der Waals surface area contributed by atoms with Crippen molar-refractivity contribution >= 4 is 6.08 Å². The van der Waals surface area contributed by atoms with E-state index in [0.29, 0.717) is 11.3 Å². The molecule has 0 heterocycles. The monoisotopic (exact) mass is 454 g/mol. The van der Waals surface area contributed by atoms with Crippen LogP contribution < -0.4 is 0 Å². The molecule has 0 saturated carbocycles. The third-order valence-electron chi connectivity index (χ3n) is 4.95. The molecule has 0 aromatic heterocycles. The smallest absolute Gasteiger partial charge is 0.00677 e. The fourth-order valence-electron chi connectivity index (χ4n) is 3.99. The van der Waals surface area contributed by atoms with Gasteiger partial charge in [-0.05, 0) is 52.5 Å². The summed E-state index contributed by atoms with van der Waals surface area (Å²) in [5.41, 5.74) is 8.02. The Labute approximate surface area is 152 Å². The van der Waals surface area contributed by atoms with Crippen LogP contribution in [0.2, 0.25) is 0 Å². The van der Waals surface area contributed by atoms with Gasteiger partial charge in [0.25, 0.3) is 0 Å². The summed E-state index contributed by atoms with van der Waals surface area (Å²) in [5.74, 6) is 0.552. The molecule has 1 heteroatoms. The zero-order valence-electron chi connectivity index (χ0n) is 13.4. The Morgan fingerprint density at radius 1 is 1.00 bits per heavy atom. The Bertz CT molecular complexity index is 710. The third kappa shape index (κ3) is 2.93. The summed E-state index contributed by atoms with van der Waals surface area (Å²) in [6.45, 7) is 4.77. The van der Waals surface area contributed by atoms with Gasteiger partial charge in [-0.25, -0.2) is 0 Å². The normalized spacial score (nSPS) is 20.4. The molecule has 1 unspecified atom stereocenters. The molecule has 0 amide bonds. The Morgan fingerprint density at radius 3 is 2.41 bits per heavy atom. The van der Waals surface area contributed by atoms with Crippen molar-refractivity contribution in [2.45, 2.75) is 39.0 Å². The minimum atomic E-state index is 0. The van der Waals surface area contributed by atoms with E-state index in [1.54, 1.807) is 11.1 Å². The molecule has 0 saturated heterocycles. The largest absolute Gasteiger partial charge is 0.0760 e. The fourth-order valence-corrected chi connectivity index (χ4v) is 3.99. The molecule has 2 aliphatic rings. The van der Waals surface area contributed by atoms with E-state index in [9.17, 15) is 0 Å². The maximum Gasteiger partial charge on any atom is 0.00677 e. The summed E-state index contributed by atoms with van der Waals surface area (Å²) >= 11 is 0. The van der Waals surface area contributed by atoms with E-state index in [1.807, 2.05) is 0 Å². The SMILES string of the molecule is CC1(C)Cc2cc3c(cc2C1)C(Cc1ccccc1)C=C3.[Hf]. The van der Waals surface area contributed by atoms with E-state index in [2.05, 4.69) is 68.5 Å². The van der Waals surface area contributed by atoms with Crippen molar-refractivity contribution in [3.8, 4) is 0 Å². The zero-order valence-corrected chi connectivity index (χ0v) is 17.0. The first-order chi connectivity index (χ1) is 10.1. The Hall–Kier alpha value is -0.950. The van der Waals surface area contributed by atoms with Crippen molar-refractivity contribution in [1.29, 1.82) is 0 Å². The van der Waals surface area contributed by atoms with Gasteiger partial charge in [0, 0.05) is 31.8 Å². The van der Waals surface area contributed by atoms with Crippen LogP contribution in [0.25, 0.3) is 6.08 Å². The molecule has 0 aliphatic heterocycles. The Kier molecular flexibility index (Phi) is 4.29. The summed E-state index contributed by atoms with van der Waals surface area (Å²) in [6, 6.07) is 15.8. The first-order valence-corrected chi connectivity index (χ1v) is 7.99. The summed E-state index contributed by atoms with van der Waals surface area (Å²) in [5, 5.41) is 0. The molecule has 0 bridgehead atoms. The number of benzene rings is 2. The van der Waals surface area contributed by atoms with Gasteiger partial charge in [-0.1, -0.05) is 68.5 Å². The van der Waals surface area contributed by atoms with E-state index in [4.69, 9.17) is 0 Å². The van der Waals surface area contributed by atoms with Crippen molar-refractivity contribution in [3.63, 3.8) is 0 Å². The molecule has 0 spiro atoms. The molecule has 1 atom stereocenters. The van der Waals surface area contributed by atoms with Crippen LogP contribution in [0.15, 0.2) is 48.5 Å². The van der Waals surface area contributed by atoms with Gasteiger partial charge in [0.2, 0.25) is 0 Å². The van der Waals surface area contributed by atoms with Gasteiger partial charge in [-0.3, -0.25) is 0 Å². The summed E-state index contributed by atoms with van der Waals surface area (Å²) < 4.78 is 0. The molecule has 2 aliphatic carbocycles. The minimum absolute atomic E-state index is 0. The average molecular weight is 453 g/mol. The standard InChI is InChI=1S/C21H22.Hf/c1-21(2)13-18-11-17-9-8-16(20(17)12-19(18)14-21)10-15-6-4-3-5-7-15;/h3-9,11-12,16H,10,13-14H2,1-2H3;. The summed E-state index contributed by atoms with van der Waals surface area (Å²) in [7, 11) is 0. The topological polar surface area (TPSA) is 0 Å². The van der Waals surface area contributed by atoms with Crippen molar-refractivity contribution in [1.82, 2.24) is 0 Å². The van der Waals surface area contributed by atoms with Gasteiger partial charge in [-0.2, -0.15) is 0 Å². The molecule has 2 aromatic carbocycles. The van der Waals surface area contributed by atoms with E-state index in [-0.39, 0.29) is 25.8 Å². The van der Waals surface area contributed by atoms with Crippen LogP contribution in [0, 0.1) is 5.41 Å². The molecule has 0 N–H and O–H groups in total. The van der Waals surface area contributed by atoms with Crippen LogP contribution in [-0.2, 0) is 45.1 Å². The number of hydrogen-bond donors (Lipinski definition) is 0. The molecule has 22 heavy (non-hydrogen) atoms. The van der Waals surface area contributed by atoms with Gasteiger partial charge >= 0.3 is 0 Å². The fraction of sp³-hybridized carbons (Fsp3) is 0.333. The van der Waals surface area contributed by atoms with Gasteiger partial charge in [0.15, 0.2) is 0 Å². The van der Waals surface area contributed by atoms with Gasteiger partial charge in [0.05, 0.1) is 0 Å². The first kappa shape index (κ1) is 15.9. The molecule has 0 radical (unpaired) electrons. The number of allylic oxidation sites excluding steroid dienone is 1. The van der Waals surface area contributed by atoms with Crippen molar-refractivity contribution in [3.05, 3.63) is 76.4 Å². The molecular formula is C21H22Hf. The van der Waals surface area contributed by atoms with E-state index in [0.717, 1.165) is 6.42 Å². The van der Waals surface area contributed by atoms with Crippen LogP contribution in [-0.4, -0.2) is 0 Å². The number of rotatable bonds is 2. The predicted molar refractivity (Wildman–Crippen MR) is 89.6 cm³/mol. The maximum absolute atomic E-state index is 2.49. The zero-order chi connectivity index (χ0) is 14.4. The van der Waals surface area contributed by atoms with Crippen molar-refractivity contribution in [2.24, 2.45) is 5.41 Å². The van der Waals surface area contributed by atoms with Crippen LogP contribution in [0.1, 0.15) is 47.6 Å². The Morgan fingerprint density at radius 2 is 1.68 bits per heavy atom. The molecule has 0 fully saturated rings. The quantitative estimate of drug-likeness (QED) is 0.552. The minimum Gasteiger partial charge on any atom is -0.0760 e. The molecule has 110 valence electrons. The number of hydrogen-bond acceptors (Lipinski definition) is 0. The van der Waals surface area contributed by atoms with Crippen LogP contribution in [0.3, 0.4) is 0 Å². The predicted octanol–water partition coefficient (Wildman–Crippen LogP) is 5.16. The van der Waals surface area contributed by atoms with Crippen LogP contribution in [0.5, 0.6) is 0 Å². The summed E-state index contributed by atoms with van der Waals surface area (Å²) in [6.07, 6.45) is 8.29. The second kappa shape index (κ2) is 5.92. The number of fused-ring (bicyclic) bond motifs is 2. The van der Waals surface area contributed by atoms with E-state index < -0.39 is 0 Å². The molecule has 2 aromatic rings. The van der Waals surface area contributed by atoms with Gasteiger partial charge in [-0.15, -0.1) is 0 Å². The average Bonchev–Trinajstić information content (AvgIpc) is 2.96. The van der Waals surface area contributed by atoms with Crippen LogP contribution >= 0.6 is 0 Å². The second-order valence-electron chi connectivity index (χ2n) is 7.42. The van der Waals surface area contributed by atoms with Gasteiger partial charge in [0.1, 0.15) is 0 Å². The summed E-state index contributed by atoms with van der Waals surface area (Å²) in [4.78, 5) is 0. The third-order valence-corrected chi connectivity index (χ3v) is 4.95. The van der Waals surface area contributed by atoms with Crippen molar-refractivity contribution in [2.75, 3.05) is 0 Å². The van der Waals surface area contributed by atoms with E-state index >= 15 is 0 Å². The molecule has 4 rings (SSSR count). The van der Waals surface area contributed by atoms with Gasteiger partial charge < -0.3 is 0 Å². The van der Waals surface area contributed by atoms with Crippen molar-refractivity contribution < 1.29 is 25.8 Å². The maximum atomic E-state index is 2.49. The molecular weight excluding hydrogens is 431 g/mol. The van der Waals surface area contributed by atoms with E-state index in [1.165, 1.54) is 29.5 Å². The Balaban J connectivity index is 0.00000144. The van der Waals surface area contributed by atoms with Crippen LogP contribution in [0.4, 0.5) is 0 Å².